The molecule has 1 fully saturated rings. The highest BCUT2D eigenvalue weighted by atomic mass is 16.7. The Hall–Kier alpha value is -0.770. The van der Waals surface area contributed by atoms with Crippen molar-refractivity contribution in [3.8, 4) is 0 Å². The van der Waals surface area contributed by atoms with Crippen LogP contribution in [0.1, 0.15) is 0 Å². The van der Waals surface area contributed by atoms with E-state index in [1.165, 1.54) is 0 Å². The van der Waals surface area contributed by atoms with E-state index in [1.54, 1.807) is 0 Å². The summed E-state index contributed by atoms with van der Waals surface area (Å²) in [5, 5.41) is 37.0. The first kappa shape index (κ1) is 13.3. The number of esters is 1. The Kier molecular flexibility index (Phi) is 4.59. The normalized spacial score (nSPS) is 36.1. The summed E-state index contributed by atoms with van der Waals surface area (Å²) in [5.41, 5.74) is 4.97. The highest BCUT2D eigenvalue weighted by Crippen LogP contribution is 2.22. The Balaban J connectivity index is 2.43. The van der Waals surface area contributed by atoms with Gasteiger partial charge in [-0.1, -0.05) is 0 Å². The summed E-state index contributed by atoms with van der Waals surface area (Å²) in [6, 6.07) is 0. The van der Waals surface area contributed by atoms with E-state index in [0.717, 1.165) is 0 Å². The topological polar surface area (TPSA) is 142 Å². The maximum Gasteiger partial charge on any atom is 0.319 e. The molecule has 2 unspecified atom stereocenters. The third-order valence-electron chi connectivity index (χ3n) is 2.24. The molecule has 1 saturated heterocycles. The van der Waals surface area contributed by atoms with Crippen LogP contribution in [0.4, 0.5) is 0 Å². The Morgan fingerprint density at radius 2 is 2.00 bits per heavy atom. The molecule has 0 spiro atoms. The Morgan fingerprint density at radius 3 is 2.44 bits per heavy atom. The van der Waals surface area contributed by atoms with Gasteiger partial charge in [-0.2, -0.15) is 0 Å². The largest absolute Gasteiger partial charge is 0.462 e. The van der Waals surface area contributed by atoms with Crippen LogP contribution in [0.3, 0.4) is 0 Å². The number of aliphatic hydroxyl groups is 4. The van der Waals surface area contributed by atoms with Crippen molar-refractivity contribution in [1.82, 2.24) is 0 Å². The number of aliphatic hydroxyl groups excluding tert-OH is 4. The Bertz CT molecular complexity index is 249. The molecule has 0 saturated carbocycles. The fourth-order valence-corrected chi connectivity index (χ4v) is 1.34. The predicted molar refractivity (Wildman–Crippen MR) is 48.9 cm³/mol. The molecule has 0 aromatic rings. The van der Waals surface area contributed by atoms with Crippen LogP contribution in [0.5, 0.6) is 0 Å². The average molecular weight is 237 g/mol. The average Bonchev–Trinajstić information content (AvgIpc) is 2.53. The lowest BCUT2D eigenvalue weighted by atomic mass is 10.1. The van der Waals surface area contributed by atoms with Crippen LogP contribution in [0.15, 0.2) is 0 Å². The zero-order valence-corrected chi connectivity index (χ0v) is 8.39. The number of rotatable bonds is 4. The number of carbonyl (C=O) groups is 1. The zero-order valence-electron chi connectivity index (χ0n) is 8.39. The van der Waals surface area contributed by atoms with E-state index in [1.807, 2.05) is 0 Å². The maximum atomic E-state index is 10.7. The van der Waals surface area contributed by atoms with Gasteiger partial charge in [0, 0.05) is 0 Å². The van der Waals surface area contributed by atoms with Gasteiger partial charge >= 0.3 is 5.97 Å². The van der Waals surface area contributed by atoms with Gasteiger partial charge in [0.05, 0.1) is 6.54 Å². The van der Waals surface area contributed by atoms with Crippen molar-refractivity contribution in [2.75, 3.05) is 13.2 Å². The van der Waals surface area contributed by atoms with Gasteiger partial charge in [0.15, 0.2) is 6.29 Å². The molecule has 16 heavy (non-hydrogen) atoms. The first-order valence-corrected chi connectivity index (χ1v) is 4.70. The number of nitrogens with two attached hydrogens (primary N) is 1. The molecule has 94 valence electrons. The molecule has 1 aliphatic heterocycles. The molecule has 8 nitrogen and oxygen atoms in total. The molecule has 6 N–H and O–H groups in total. The summed E-state index contributed by atoms with van der Waals surface area (Å²) in [6.45, 7) is -0.761. The lowest BCUT2D eigenvalue weighted by Gasteiger charge is -2.20. The van der Waals surface area contributed by atoms with Gasteiger partial charge in [-0.3, -0.25) is 4.79 Å². The molecule has 0 aromatic heterocycles. The fourth-order valence-electron chi connectivity index (χ4n) is 1.34. The number of carbonyl (C=O) groups excluding carboxylic acids is 1. The van der Waals surface area contributed by atoms with Crippen LogP contribution in [0.25, 0.3) is 0 Å². The third kappa shape index (κ3) is 2.88. The van der Waals surface area contributed by atoms with E-state index >= 15 is 0 Å². The van der Waals surface area contributed by atoms with Crippen molar-refractivity contribution in [2.24, 2.45) is 5.73 Å². The van der Waals surface area contributed by atoms with E-state index in [0.29, 0.717) is 0 Å². The van der Waals surface area contributed by atoms with Crippen LogP contribution < -0.4 is 5.73 Å². The number of ether oxygens (including phenoxy) is 2. The SMILES string of the molecule is NCC(=O)OC[C@@H](O)C1OC(O)[C@H](O)[C@@H]1O. The molecule has 1 rings (SSSR count). The van der Waals surface area contributed by atoms with Gasteiger partial charge in [-0.15, -0.1) is 0 Å². The lowest BCUT2D eigenvalue weighted by Crippen LogP contribution is -2.41. The molecule has 0 amide bonds. The molecule has 8 heteroatoms. The smallest absolute Gasteiger partial charge is 0.319 e. The molecular formula is C8H15NO7. The van der Waals surface area contributed by atoms with E-state index in [2.05, 4.69) is 4.74 Å². The zero-order chi connectivity index (χ0) is 12.3. The third-order valence-corrected chi connectivity index (χ3v) is 2.24. The van der Waals surface area contributed by atoms with E-state index < -0.39 is 43.3 Å². The summed E-state index contributed by atoms with van der Waals surface area (Å²) >= 11 is 0. The molecule has 0 aliphatic carbocycles. The summed E-state index contributed by atoms with van der Waals surface area (Å²) in [5.74, 6) is -0.715. The van der Waals surface area contributed by atoms with E-state index in [4.69, 9.17) is 20.7 Å². The first-order chi connectivity index (χ1) is 7.47. The number of hydrogen-bond donors (Lipinski definition) is 5. The lowest BCUT2D eigenvalue weighted by molar-refractivity contribution is -0.162. The molecule has 5 atom stereocenters. The quantitative estimate of drug-likeness (QED) is 0.314. The van der Waals surface area contributed by atoms with Gasteiger partial charge < -0.3 is 35.6 Å². The van der Waals surface area contributed by atoms with Crippen LogP contribution in [-0.4, -0.2) is 70.3 Å². The Morgan fingerprint density at radius 1 is 1.38 bits per heavy atom. The minimum atomic E-state index is -1.57. The van der Waals surface area contributed by atoms with Crippen LogP contribution in [-0.2, 0) is 14.3 Å². The summed E-state index contributed by atoms with van der Waals surface area (Å²) < 4.78 is 9.21. The van der Waals surface area contributed by atoms with Gasteiger partial charge in [-0.25, -0.2) is 0 Å². The molecule has 1 aliphatic rings. The second-order valence-corrected chi connectivity index (χ2v) is 3.43. The number of hydrogen-bond acceptors (Lipinski definition) is 8. The van der Waals surface area contributed by atoms with Gasteiger partial charge in [0.1, 0.15) is 31.0 Å². The molecule has 1 heterocycles. The van der Waals surface area contributed by atoms with E-state index in [-0.39, 0.29) is 6.54 Å². The Labute approximate surface area is 91.2 Å². The summed E-state index contributed by atoms with van der Waals surface area (Å²) in [6.07, 6.45) is -7.07. The molecule has 0 aromatic carbocycles. The van der Waals surface area contributed by atoms with E-state index in [9.17, 15) is 15.0 Å². The second-order valence-electron chi connectivity index (χ2n) is 3.43. The molecular weight excluding hydrogens is 222 g/mol. The summed E-state index contributed by atoms with van der Waals surface area (Å²) in [4.78, 5) is 10.7. The highest BCUT2D eigenvalue weighted by Gasteiger charge is 2.45. The van der Waals surface area contributed by atoms with Crippen LogP contribution in [0.2, 0.25) is 0 Å². The maximum absolute atomic E-state index is 10.7. The first-order valence-electron chi connectivity index (χ1n) is 4.70. The van der Waals surface area contributed by atoms with Crippen molar-refractivity contribution in [1.29, 1.82) is 0 Å². The minimum absolute atomic E-state index is 0.327. The standard InChI is InChI=1S/C8H15NO7/c9-1-4(11)15-2-3(10)7-5(12)6(13)8(14)16-7/h3,5-8,10,12-14H,1-2,9H2/t3-,5+,6-,7?,8?/m1/s1. The van der Waals surface area contributed by atoms with Crippen LogP contribution >= 0.6 is 0 Å². The van der Waals surface area contributed by atoms with Crippen molar-refractivity contribution in [3.05, 3.63) is 0 Å². The summed E-state index contributed by atoms with van der Waals surface area (Å²) in [7, 11) is 0. The molecule has 0 bridgehead atoms. The predicted octanol–water partition coefficient (Wildman–Crippen LogP) is -3.71. The van der Waals surface area contributed by atoms with Crippen molar-refractivity contribution >= 4 is 5.97 Å². The van der Waals surface area contributed by atoms with Gasteiger partial charge in [0.2, 0.25) is 0 Å². The van der Waals surface area contributed by atoms with Crippen LogP contribution in [0, 0.1) is 0 Å². The van der Waals surface area contributed by atoms with Crippen molar-refractivity contribution < 1.29 is 34.7 Å². The highest BCUT2D eigenvalue weighted by molar-refractivity contribution is 5.71. The van der Waals surface area contributed by atoms with Gasteiger partial charge in [0.25, 0.3) is 0 Å². The minimum Gasteiger partial charge on any atom is -0.462 e. The molecule has 0 radical (unpaired) electrons. The van der Waals surface area contributed by atoms with Gasteiger partial charge in [-0.05, 0) is 0 Å². The second kappa shape index (κ2) is 5.53. The van der Waals surface area contributed by atoms with Crippen molar-refractivity contribution in [2.45, 2.75) is 30.7 Å². The van der Waals surface area contributed by atoms with Crippen molar-refractivity contribution in [3.63, 3.8) is 0 Å². The monoisotopic (exact) mass is 237 g/mol. The fraction of sp³-hybridized carbons (Fsp3) is 0.875.